The van der Waals surface area contributed by atoms with E-state index in [9.17, 15) is 13.6 Å². The lowest BCUT2D eigenvalue weighted by atomic mass is 9.98. The van der Waals surface area contributed by atoms with E-state index in [0.717, 1.165) is 28.3 Å². The zero-order chi connectivity index (χ0) is 20.6. The van der Waals surface area contributed by atoms with Crippen LogP contribution in [-0.2, 0) is 28.9 Å². The molecule has 1 aromatic carbocycles. The van der Waals surface area contributed by atoms with Gasteiger partial charge in [0.05, 0.1) is 18.2 Å². The fourth-order valence-electron chi connectivity index (χ4n) is 3.13. The Morgan fingerprint density at radius 2 is 2.17 bits per heavy atom. The number of carbonyl (C=O) groups is 1. The molecule has 0 fully saturated rings. The molecular weight excluding hydrogens is 406 g/mol. The number of hydrogen-bond acceptors (Lipinski definition) is 5. The predicted octanol–water partition coefficient (Wildman–Crippen LogP) is 3.13. The minimum absolute atomic E-state index is 0.0452. The summed E-state index contributed by atoms with van der Waals surface area (Å²) in [6.07, 6.45) is 8.13. The van der Waals surface area contributed by atoms with Crippen LogP contribution >= 0.6 is 11.3 Å². The van der Waals surface area contributed by atoms with Gasteiger partial charge in [-0.15, -0.1) is 11.3 Å². The maximum absolute atomic E-state index is 12.6. The summed E-state index contributed by atoms with van der Waals surface area (Å²) in [5, 5.41) is 6.05. The topological polar surface area (TPSA) is 94.1 Å². The number of allylic oxidation sites excluding steroid dienone is 1. The monoisotopic (exact) mass is 430 g/mol. The molecule has 0 aliphatic heterocycles. The Balaban J connectivity index is 1.68. The third-order valence-corrected chi connectivity index (χ3v) is 6.14. The summed E-state index contributed by atoms with van der Waals surface area (Å²) in [5.74, 6) is -0.0452. The van der Waals surface area contributed by atoms with Crippen LogP contribution in [0.25, 0.3) is 0 Å². The van der Waals surface area contributed by atoms with Gasteiger partial charge in [-0.25, -0.2) is 9.71 Å². The van der Waals surface area contributed by atoms with Gasteiger partial charge >= 0.3 is 0 Å². The number of nitrogens with one attached hydrogen (secondary N) is 2. The van der Waals surface area contributed by atoms with Crippen molar-refractivity contribution in [3.8, 4) is 0 Å². The quantitative estimate of drug-likeness (QED) is 0.598. The molecule has 0 spiro atoms. The molecule has 0 radical (unpaired) electrons. The van der Waals surface area contributed by atoms with Crippen LogP contribution in [0.4, 0.5) is 0 Å². The van der Waals surface area contributed by atoms with E-state index in [0.29, 0.717) is 19.3 Å². The van der Waals surface area contributed by atoms with E-state index >= 15 is 0 Å². The van der Waals surface area contributed by atoms with Crippen molar-refractivity contribution in [3.63, 3.8) is 0 Å². The molecule has 2 N–H and O–H groups in total. The summed E-state index contributed by atoms with van der Waals surface area (Å²) >= 11 is -0.729. The lowest BCUT2D eigenvalue weighted by Crippen LogP contribution is -2.31. The number of nitrogens with zero attached hydrogens (tertiary/aromatic N) is 1. The molecule has 3 rings (SSSR count). The zero-order valence-corrected chi connectivity index (χ0v) is 17.8. The molecule has 1 aromatic heterocycles. The second-order valence-corrected chi connectivity index (χ2v) is 8.44. The van der Waals surface area contributed by atoms with Crippen LogP contribution in [-0.4, -0.2) is 25.7 Å². The summed E-state index contributed by atoms with van der Waals surface area (Å²) < 4.78 is 24.1. The number of rotatable bonds is 9. The molecule has 2 aromatic rings. The number of hydrogen-bond donors (Lipinski definition) is 2. The lowest BCUT2D eigenvalue weighted by Gasteiger charge is -2.22. The average Bonchev–Trinajstić information content (AvgIpc) is 3.18. The third kappa shape index (κ3) is 6.71. The molecular formula is C21H24N3O3S2-. The molecule has 1 heterocycles. The van der Waals surface area contributed by atoms with Crippen molar-refractivity contribution in [1.29, 1.82) is 0 Å². The molecule has 0 saturated heterocycles. The fourth-order valence-corrected chi connectivity index (χ4v) is 4.51. The minimum atomic E-state index is -2.29. The summed E-state index contributed by atoms with van der Waals surface area (Å²) in [7, 11) is 0. The average molecular weight is 431 g/mol. The van der Waals surface area contributed by atoms with Gasteiger partial charge in [-0.3, -0.25) is 9.00 Å². The van der Waals surface area contributed by atoms with Crippen molar-refractivity contribution in [3.05, 3.63) is 75.8 Å². The van der Waals surface area contributed by atoms with Crippen LogP contribution in [0.15, 0.2) is 59.5 Å². The van der Waals surface area contributed by atoms with Crippen LogP contribution in [0.3, 0.4) is 0 Å². The van der Waals surface area contributed by atoms with Gasteiger partial charge in [-0.05, 0) is 30.4 Å². The fraction of sp³-hybridized carbons (Fsp3) is 0.333. The van der Waals surface area contributed by atoms with Crippen molar-refractivity contribution < 1.29 is 13.6 Å². The third-order valence-electron chi connectivity index (χ3n) is 4.64. The molecule has 8 heteroatoms. The van der Waals surface area contributed by atoms with Crippen molar-refractivity contribution in [1.82, 2.24) is 15.0 Å². The van der Waals surface area contributed by atoms with E-state index in [2.05, 4.69) is 21.9 Å². The summed E-state index contributed by atoms with van der Waals surface area (Å²) in [6, 6.07) is 9.20. The summed E-state index contributed by atoms with van der Waals surface area (Å²) in [5.41, 5.74) is 3.04. The summed E-state index contributed by atoms with van der Waals surface area (Å²) in [6.45, 7) is 2.06. The molecule has 1 aliphatic rings. The maximum Gasteiger partial charge on any atom is 0.224 e. The Labute approximate surface area is 177 Å². The molecule has 1 aliphatic carbocycles. The van der Waals surface area contributed by atoms with Gasteiger partial charge in [0.1, 0.15) is 5.01 Å². The van der Waals surface area contributed by atoms with E-state index < -0.39 is 11.3 Å². The molecule has 2 unspecified atom stereocenters. The molecule has 1 amide bonds. The number of amides is 1. The Morgan fingerprint density at radius 1 is 1.38 bits per heavy atom. The van der Waals surface area contributed by atoms with E-state index in [1.807, 2.05) is 53.9 Å². The van der Waals surface area contributed by atoms with Gasteiger partial charge in [-0.2, -0.15) is 0 Å². The van der Waals surface area contributed by atoms with Crippen molar-refractivity contribution in [2.45, 2.75) is 44.7 Å². The van der Waals surface area contributed by atoms with Crippen LogP contribution in [0.5, 0.6) is 0 Å². The first-order chi connectivity index (χ1) is 14.0. The van der Waals surface area contributed by atoms with Crippen LogP contribution in [0, 0.1) is 0 Å². The number of benzene rings is 1. The Bertz CT molecular complexity index is 909. The highest BCUT2D eigenvalue weighted by Crippen LogP contribution is 2.27. The SMILES string of the molecule is CCc1csc([C@H](CC2=CCC(NS(=O)[O-])C=C2)NC(=O)Cc2ccccc2)n1. The molecule has 3 atom stereocenters. The standard InChI is InChI=1S/C21H25N3O3S2/c1-2-17-14-28-21(22-17)19(23-20(25)13-15-6-4-3-5-7-15)12-16-8-10-18(11-9-16)24-29(26)27/h3-10,14,18-19,24H,2,11-13H2,1H3,(H,23,25)(H,26,27)/p-1/t18?,19-/m0/s1. The van der Waals surface area contributed by atoms with Crippen LogP contribution in [0.2, 0.25) is 0 Å². The van der Waals surface area contributed by atoms with Crippen molar-refractivity contribution in [2.75, 3.05) is 0 Å². The highest BCUT2D eigenvalue weighted by atomic mass is 32.2. The second kappa shape index (κ2) is 10.6. The highest BCUT2D eigenvalue weighted by molar-refractivity contribution is 7.77. The number of aryl methyl sites for hydroxylation is 1. The van der Waals surface area contributed by atoms with Gasteiger partial charge in [0.2, 0.25) is 5.91 Å². The van der Waals surface area contributed by atoms with Gasteiger partial charge < -0.3 is 9.87 Å². The number of aromatic nitrogens is 1. The first kappa shape index (κ1) is 21.6. The molecule has 0 bridgehead atoms. The van der Waals surface area contributed by atoms with Gasteiger partial charge in [-0.1, -0.05) is 55.5 Å². The van der Waals surface area contributed by atoms with E-state index in [4.69, 9.17) is 0 Å². The zero-order valence-electron chi connectivity index (χ0n) is 16.2. The molecule has 154 valence electrons. The Hall–Kier alpha value is -2.13. The molecule has 29 heavy (non-hydrogen) atoms. The lowest BCUT2D eigenvalue weighted by molar-refractivity contribution is -0.121. The predicted molar refractivity (Wildman–Crippen MR) is 115 cm³/mol. The number of carbonyl (C=O) groups excluding carboxylic acids is 1. The first-order valence-electron chi connectivity index (χ1n) is 9.53. The van der Waals surface area contributed by atoms with Gasteiger partial charge in [0.15, 0.2) is 0 Å². The maximum atomic E-state index is 12.6. The van der Waals surface area contributed by atoms with Crippen LogP contribution < -0.4 is 10.0 Å². The Morgan fingerprint density at radius 3 is 2.79 bits per heavy atom. The second-order valence-electron chi connectivity index (χ2n) is 6.85. The normalized spacial score (nSPS) is 18.1. The number of thiazole rings is 1. The van der Waals surface area contributed by atoms with Crippen molar-refractivity contribution >= 4 is 28.5 Å². The minimum Gasteiger partial charge on any atom is -0.760 e. The smallest absolute Gasteiger partial charge is 0.224 e. The van der Waals surface area contributed by atoms with E-state index in [1.165, 1.54) is 0 Å². The Kier molecular flexibility index (Phi) is 7.88. The van der Waals surface area contributed by atoms with E-state index in [1.54, 1.807) is 11.3 Å². The van der Waals surface area contributed by atoms with Crippen LogP contribution in [0.1, 0.15) is 42.1 Å². The van der Waals surface area contributed by atoms with Gasteiger partial charge in [0.25, 0.3) is 0 Å². The molecule has 6 nitrogen and oxygen atoms in total. The summed E-state index contributed by atoms with van der Waals surface area (Å²) in [4.78, 5) is 17.3. The highest BCUT2D eigenvalue weighted by Gasteiger charge is 2.20. The van der Waals surface area contributed by atoms with Crippen molar-refractivity contribution in [2.24, 2.45) is 0 Å². The molecule has 0 saturated carbocycles. The first-order valence-corrected chi connectivity index (χ1v) is 11.5. The largest absolute Gasteiger partial charge is 0.760 e. The van der Waals surface area contributed by atoms with E-state index in [-0.39, 0.29) is 18.0 Å². The van der Waals surface area contributed by atoms with Gasteiger partial charge in [0, 0.05) is 22.7 Å².